The molecule has 2 aliphatic rings. The first-order valence-corrected chi connectivity index (χ1v) is 8.63. The molecule has 118 valence electrons. The van der Waals surface area contributed by atoms with Crippen molar-refractivity contribution >= 4 is 0 Å². The molecule has 0 saturated carbocycles. The van der Waals surface area contributed by atoms with Crippen molar-refractivity contribution in [3.63, 3.8) is 0 Å². The van der Waals surface area contributed by atoms with Crippen LogP contribution in [0.3, 0.4) is 0 Å². The van der Waals surface area contributed by atoms with Gasteiger partial charge in [-0.2, -0.15) is 0 Å². The Bertz CT molecular complexity index is 282. The third kappa shape index (κ3) is 5.01. The molecule has 3 nitrogen and oxygen atoms in total. The first kappa shape index (κ1) is 16.3. The number of hydrogen-bond donors (Lipinski definition) is 1. The van der Waals surface area contributed by atoms with E-state index in [2.05, 4.69) is 42.8 Å². The van der Waals surface area contributed by atoms with Crippen LogP contribution in [0, 0.1) is 11.3 Å². The highest BCUT2D eigenvalue weighted by atomic mass is 15.3. The zero-order valence-corrected chi connectivity index (χ0v) is 14.1. The molecule has 0 spiro atoms. The first-order chi connectivity index (χ1) is 9.46. The number of likely N-dealkylation sites (tertiary alicyclic amines) is 2. The van der Waals surface area contributed by atoms with Gasteiger partial charge in [0, 0.05) is 25.7 Å². The molecule has 0 aromatic carbocycles. The Morgan fingerprint density at radius 2 is 1.85 bits per heavy atom. The Hall–Kier alpha value is -0.120. The molecule has 2 saturated heterocycles. The van der Waals surface area contributed by atoms with Crippen molar-refractivity contribution in [1.82, 2.24) is 15.1 Å². The van der Waals surface area contributed by atoms with Crippen LogP contribution in [-0.4, -0.2) is 61.7 Å². The summed E-state index contributed by atoms with van der Waals surface area (Å²) in [6.07, 6.45) is 4.22. The van der Waals surface area contributed by atoms with E-state index in [-0.39, 0.29) is 0 Å². The maximum atomic E-state index is 3.63. The van der Waals surface area contributed by atoms with Crippen LogP contribution in [0.1, 0.15) is 47.0 Å². The molecule has 2 rings (SSSR count). The van der Waals surface area contributed by atoms with Crippen molar-refractivity contribution < 1.29 is 0 Å². The van der Waals surface area contributed by atoms with Gasteiger partial charge in [-0.3, -0.25) is 4.90 Å². The van der Waals surface area contributed by atoms with E-state index in [1.54, 1.807) is 0 Å². The van der Waals surface area contributed by atoms with Crippen molar-refractivity contribution in [2.24, 2.45) is 11.3 Å². The summed E-state index contributed by atoms with van der Waals surface area (Å²) in [5.41, 5.74) is 0.384. The van der Waals surface area contributed by atoms with Crippen LogP contribution in [0.4, 0.5) is 0 Å². The Morgan fingerprint density at radius 3 is 2.50 bits per heavy atom. The van der Waals surface area contributed by atoms with E-state index in [4.69, 9.17) is 0 Å². The molecule has 0 aromatic rings. The van der Waals surface area contributed by atoms with E-state index in [9.17, 15) is 0 Å². The van der Waals surface area contributed by atoms with Crippen LogP contribution < -0.4 is 5.32 Å². The molecule has 0 bridgehead atoms. The number of hydrogen-bond acceptors (Lipinski definition) is 3. The lowest BCUT2D eigenvalue weighted by Crippen LogP contribution is -2.42. The Balaban J connectivity index is 1.70. The highest BCUT2D eigenvalue weighted by Crippen LogP contribution is 2.24. The minimum Gasteiger partial charge on any atom is -0.316 e. The van der Waals surface area contributed by atoms with Gasteiger partial charge in [0.05, 0.1) is 0 Å². The quantitative estimate of drug-likeness (QED) is 0.773. The second-order valence-electron chi connectivity index (χ2n) is 8.11. The predicted octanol–water partition coefficient (Wildman–Crippen LogP) is 2.43. The maximum Gasteiger partial charge on any atom is 0.0235 e. The van der Waals surface area contributed by atoms with Crippen molar-refractivity contribution in [2.75, 3.05) is 45.8 Å². The molecule has 2 heterocycles. The third-order valence-corrected chi connectivity index (χ3v) is 4.71. The van der Waals surface area contributed by atoms with Crippen LogP contribution in [-0.2, 0) is 0 Å². The van der Waals surface area contributed by atoms with Gasteiger partial charge in [0.25, 0.3) is 0 Å². The summed E-state index contributed by atoms with van der Waals surface area (Å²) in [5.74, 6) is 0.747. The Morgan fingerprint density at radius 1 is 1.15 bits per heavy atom. The fraction of sp³-hybridized carbons (Fsp3) is 1.00. The SMILES string of the molecule is CC(C)CNCC(C)(C)CN1CCC(N2CCCC2)C1. The summed E-state index contributed by atoms with van der Waals surface area (Å²) in [5, 5.41) is 3.63. The molecule has 0 aliphatic carbocycles. The van der Waals surface area contributed by atoms with Gasteiger partial charge < -0.3 is 10.2 Å². The van der Waals surface area contributed by atoms with E-state index < -0.39 is 0 Å². The molecule has 2 fully saturated rings. The zero-order valence-electron chi connectivity index (χ0n) is 14.1. The molecule has 1 atom stereocenters. The number of nitrogens with one attached hydrogen (secondary N) is 1. The lowest BCUT2D eigenvalue weighted by atomic mass is 9.92. The van der Waals surface area contributed by atoms with Gasteiger partial charge in [0.1, 0.15) is 0 Å². The van der Waals surface area contributed by atoms with E-state index in [0.29, 0.717) is 5.41 Å². The van der Waals surface area contributed by atoms with Crippen LogP contribution in [0.2, 0.25) is 0 Å². The molecule has 20 heavy (non-hydrogen) atoms. The van der Waals surface area contributed by atoms with Crippen LogP contribution in [0.5, 0.6) is 0 Å². The standard InChI is InChI=1S/C17H35N3/c1-15(2)11-18-13-17(3,4)14-19-10-7-16(12-19)20-8-5-6-9-20/h15-16,18H,5-14H2,1-4H3. The molecule has 1 N–H and O–H groups in total. The summed E-state index contributed by atoms with van der Waals surface area (Å²) in [6, 6.07) is 0.844. The fourth-order valence-electron chi connectivity index (χ4n) is 3.72. The molecular formula is C17H35N3. The number of rotatable bonds is 7. The van der Waals surface area contributed by atoms with Crippen molar-refractivity contribution in [3.8, 4) is 0 Å². The van der Waals surface area contributed by atoms with Gasteiger partial charge in [0.2, 0.25) is 0 Å². The maximum absolute atomic E-state index is 3.63. The highest BCUT2D eigenvalue weighted by Gasteiger charge is 2.31. The summed E-state index contributed by atoms with van der Waals surface area (Å²) in [4.78, 5) is 5.42. The summed E-state index contributed by atoms with van der Waals surface area (Å²) >= 11 is 0. The van der Waals surface area contributed by atoms with E-state index in [1.807, 2.05) is 0 Å². The van der Waals surface area contributed by atoms with Gasteiger partial charge in [-0.25, -0.2) is 0 Å². The molecule has 2 aliphatic heterocycles. The van der Waals surface area contributed by atoms with Gasteiger partial charge in [0.15, 0.2) is 0 Å². The molecule has 0 amide bonds. The average Bonchev–Trinajstić information content (AvgIpc) is 2.96. The second-order valence-corrected chi connectivity index (χ2v) is 8.11. The summed E-state index contributed by atoms with van der Waals surface area (Å²) in [6.45, 7) is 18.2. The fourth-order valence-corrected chi connectivity index (χ4v) is 3.72. The van der Waals surface area contributed by atoms with Gasteiger partial charge in [-0.1, -0.05) is 27.7 Å². The minimum atomic E-state index is 0.384. The van der Waals surface area contributed by atoms with Crippen molar-refractivity contribution in [2.45, 2.75) is 53.0 Å². The topological polar surface area (TPSA) is 18.5 Å². The van der Waals surface area contributed by atoms with E-state index >= 15 is 0 Å². The van der Waals surface area contributed by atoms with Crippen LogP contribution >= 0.6 is 0 Å². The largest absolute Gasteiger partial charge is 0.316 e. The average molecular weight is 281 g/mol. The van der Waals surface area contributed by atoms with E-state index in [0.717, 1.165) is 25.0 Å². The molecule has 0 radical (unpaired) electrons. The van der Waals surface area contributed by atoms with Crippen LogP contribution in [0.15, 0.2) is 0 Å². The summed E-state index contributed by atoms with van der Waals surface area (Å²) in [7, 11) is 0. The van der Waals surface area contributed by atoms with Crippen LogP contribution in [0.25, 0.3) is 0 Å². The zero-order chi connectivity index (χ0) is 14.6. The van der Waals surface area contributed by atoms with Gasteiger partial charge in [-0.05, 0) is 56.8 Å². The molecular weight excluding hydrogens is 246 g/mol. The summed E-state index contributed by atoms with van der Waals surface area (Å²) < 4.78 is 0. The smallest absolute Gasteiger partial charge is 0.0235 e. The predicted molar refractivity (Wildman–Crippen MR) is 87.1 cm³/mol. The molecule has 3 heteroatoms. The number of nitrogens with zero attached hydrogens (tertiary/aromatic N) is 2. The van der Waals surface area contributed by atoms with E-state index in [1.165, 1.54) is 52.0 Å². The Labute approximate surface area is 126 Å². The highest BCUT2D eigenvalue weighted by molar-refractivity contribution is 4.88. The molecule has 0 aromatic heterocycles. The minimum absolute atomic E-state index is 0.384. The van der Waals surface area contributed by atoms with Crippen molar-refractivity contribution in [1.29, 1.82) is 0 Å². The second kappa shape index (κ2) is 7.24. The first-order valence-electron chi connectivity index (χ1n) is 8.63. The van der Waals surface area contributed by atoms with Gasteiger partial charge in [-0.15, -0.1) is 0 Å². The van der Waals surface area contributed by atoms with Gasteiger partial charge >= 0.3 is 0 Å². The Kier molecular flexibility index (Phi) is 5.88. The lowest BCUT2D eigenvalue weighted by Gasteiger charge is -2.31. The normalized spacial score (nSPS) is 25.9. The van der Waals surface area contributed by atoms with Crippen molar-refractivity contribution in [3.05, 3.63) is 0 Å². The molecule has 1 unspecified atom stereocenters. The monoisotopic (exact) mass is 281 g/mol. The third-order valence-electron chi connectivity index (χ3n) is 4.71. The lowest BCUT2D eigenvalue weighted by molar-refractivity contribution is 0.181.